The molecule has 0 aliphatic carbocycles. The maximum atomic E-state index is 7.82. The molecule has 0 spiro atoms. The van der Waals surface area contributed by atoms with Crippen LogP contribution in [0.1, 0.15) is 12.0 Å². The number of aromatic nitrogens is 2. The first-order valence-corrected chi connectivity index (χ1v) is 10.8. The molecule has 176 valence electrons. The lowest BCUT2D eigenvalue weighted by molar-refractivity contribution is 0.0375. The molecule has 0 saturated carbocycles. The molecule has 1 aliphatic heterocycles. The van der Waals surface area contributed by atoms with Crippen LogP contribution in [0.3, 0.4) is 0 Å². The second-order valence-corrected chi connectivity index (χ2v) is 7.46. The molecule has 2 aromatic heterocycles. The lowest BCUT2D eigenvalue weighted by Crippen LogP contribution is -2.37. The molecule has 0 bridgehead atoms. The summed E-state index contributed by atoms with van der Waals surface area (Å²) in [6.45, 7) is 5.47. The van der Waals surface area contributed by atoms with Gasteiger partial charge in [0.1, 0.15) is 17.4 Å². The highest BCUT2D eigenvalue weighted by Gasteiger charge is 2.09. The van der Waals surface area contributed by atoms with Crippen LogP contribution in [-0.4, -0.2) is 67.6 Å². The summed E-state index contributed by atoms with van der Waals surface area (Å²) >= 11 is 0. The number of ether oxygens (including phenoxy) is 2. The second-order valence-electron chi connectivity index (χ2n) is 7.46. The van der Waals surface area contributed by atoms with Crippen molar-refractivity contribution in [2.45, 2.75) is 6.42 Å². The highest BCUT2D eigenvalue weighted by molar-refractivity contribution is 6.08. The summed E-state index contributed by atoms with van der Waals surface area (Å²) in [4.78, 5) is 11.5. The van der Waals surface area contributed by atoms with Crippen molar-refractivity contribution in [3.63, 3.8) is 0 Å². The quantitative estimate of drug-likeness (QED) is 0.148. The van der Waals surface area contributed by atoms with Crippen LogP contribution in [0.25, 0.3) is 16.6 Å². The Morgan fingerprint density at radius 3 is 2.85 bits per heavy atom. The van der Waals surface area contributed by atoms with Gasteiger partial charge in [-0.2, -0.15) is 0 Å². The van der Waals surface area contributed by atoms with Crippen molar-refractivity contribution in [2.75, 3.05) is 51.8 Å². The standard InChI is InChI=1S/C23H32N8O2/c1-32-19(14-25)12-22(26)30-23-4-3-20-21(29-23)11-17(16-28-20)18(13-24)15-27-5-2-6-31-7-9-33-10-8-31/h3-4,11-16,24,27H,2,5-10,25-26H2,1H3,(H,29,30)/b18-15+,19-14+,22-12+,24-13?. The molecule has 1 saturated heterocycles. The fraction of sp³-hybridized carbons (Fsp3) is 0.348. The molecule has 3 rings (SSSR count). The Kier molecular flexibility index (Phi) is 9.04. The number of pyridine rings is 2. The molecular formula is C23H32N8O2. The van der Waals surface area contributed by atoms with Gasteiger partial charge in [-0.15, -0.1) is 0 Å². The minimum absolute atomic E-state index is 0.339. The Morgan fingerprint density at radius 2 is 2.12 bits per heavy atom. The van der Waals surface area contributed by atoms with Crippen LogP contribution in [0, 0.1) is 5.41 Å². The summed E-state index contributed by atoms with van der Waals surface area (Å²) < 4.78 is 10.5. The Bertz CT molecular complexity index is 1030. The fourth-order valence-corrected chi connectivity index (χ4v) is 3.37. The van der Waals surface area contributed by atoms with E-state index in [1.807, 2.05) is 18.3 Å². The van der Waals surface area contributed by atoms with Crippen LogP contribution in [0.15, 0.2) is 54.5 Å². The zero-order chi connectivity index (χ0) is 23.5. The number of nitrogens with zero attached hydrogens (tertiary/aromatic N) is 3. The molecule has 2 aromatic rings. The van der Waals surface area contributed by atoms with E-state index in [2.05, 4.69) is 25.5 Å². The van der Waals surface area contributed by atoms with E-state index in [9.17, 15) is 0 Å². The lowest BCUT2D eigenvalue weighted by Gasteiger charge is -2.26. The van der Waals surface area contributed by atoms with Crippen molar-refractivity contribution < 1.29 is 9.47 Å². The van der Waals surface area contributed by atoms with Crippen molar-refractivity contribution >= 4 is 28.6 Å². The van der Waals surface area contributed by atoms with Gasteiger partial charge in [0.15, 0.2) is 0 Å². The summed E-state index contributed by atoms with van der Waals surface area (Å²) in [5.74, 6) is 1.33. The smallest absolute Gasteiger partial charge is 0.137 e. The number of nitrogens with two attached hydrogens (primary N) is 2. The van der Waals surface area contributed by atoms with Gasteiger partial charge in [0.25, 0.3) is 0 Å². The van der Waals surface area contributed by atoms with Crippen molar-refractivity contribution in [3.05, 3.63) is 60.0 Å². The van der Waals surface area contributed by atoms with Gasteiger partial charge in [-0.25, -0.2) is 4.98 Å². The van der Waals surface area contributed by atoms with Gasteiger partial charge in [0, 0.05) is 61.7 Å². The molecule has 0 atom stereocenters. The molecule has 10 heteroatoms. The molecule has 0 unspecified atom stereocenters. The van der Waals surface area contributed by atoms with E-state index in [0.717, 1.165) is 62.5 Å². The lowest BCUT2D eigenvalue weighted by atomic mass is 10.1. The number of methoxy groups -OCH3 is 1. The molecule has 33 heavy (non-hydrogen) atoms. The first-order chi connectivity index (χ1) is 16.1. The van der Waals surface area contributed by atoms with Gasteiger partial charge < -0.3 is 37.0 Å². The van der Waals surface area contributed by atoms with Gasteiger partial charge in [0.2, 0.25) is 0 Å². The van der Waals surface area contributed by atoms with Crippen LogP contribution in [0.2, 0.25) is 0 Å². The molecule has 0 aromatic carbocycles. The van der Waals surface area contributed by atoms with Crippen LogP contribution in [0.4, 0.5) is 5.82 Å². The van der Waals surface area contributed by atoms with E-state index in [1.54, 1.807) is 18.3 Å². The van der Waals surface area contributed by atoms with Crippen molar-refractivity contribution in [2.24, 2.45) is 11.5 Å². The average molecular weight is 453 g/mol. The number of morpholine rings is 1. The number of hydrogen-bond donors (Lipinski definition) is 5. The van der Waals surface area contributed by atoms with Gasteiger partial charge in [-0.1, -0.05) is 0 Å². The molecular weight excluding hydrogens is 420 g/mol. The zero-order valence-corrected chi connectivity index (χ0v) is 18.9. The molecule has 7 N–H and O–H groups in total. The zero-order valence-electron chi connectivity index (χ0n) is 18.9. The number of anilines is 1. The Hall–Kier alpha value is -3.63. The summed E-state index contributed by atoms with van der Waals surface area (Å²) in [6, 6.07) is 5.55. The minimum Gasteiger partial charge on any atom is -0.495 e. The van der Waals surface area contributed by atoms with Crippen LogP contribution in [0.5, 0.6) is 0 Å². The van der Waals surface area contributed by atoms with Gasteiger partial charge in [-0.05, 0) is 31.2 Å². The van der Waals surface area contributed by atoms with E-state index in [0.29, 0.717) is 22.9 Å². The molecule has 10 nitrogen and oxygen atoms in total. The first-order valence-electron chi connectivity index (χ1n) is 10.8. The van der Waals surface area contributed by atoms with Crippen LogP contribution >= 0.6 is 0 Å². The predicted octanol–water partition coefficient (Wildman–Crippen LogP) is 1.59. The number of nitrogens with one attached hydrogen (secondary N) is 3. The molecule has 3 heterocycles. The van der Waals surface area contributed by atoms with Crippen molar-refractivity contribution in [3.8, 4) is 0 Å². The number of allylic oxidation sites excluding steroid dienone is 2. The fourth-order valence-electron chi connectivity index (χ4n) is 3.37. The molecule has 0 amide bonds. The van der Waals surface area contributed by atoms with Crippen LogP contribution < -0.4 is 22.1 Å². The third-order valence-electron chi connectivity index (χ3n) is 5.15. The molecule has 0 radical (unpaired) electrons. The van der Waals surface area contributed by atoms with E-state index in [4.69, 9.17) is 26.4 Å². The van der Waals surface area contributed by atoms with Gasteiger partial charge in [-0.3, -0.25) is 9.88 Å². The first kappa shape index (κ1) is 24.0. The largest absolute Gasteiger partial charge is 0.495 e. The summed E-state index contributed by atoms with van der Waals surface area (Å²) in [5.41, 5.74) is 14.4. The molecule has 1 aliphatic rings. The van der Waals surface area contributed by atoms with E-state index in [1.165, 1.54) is 19.5 Å². The highest BCUT2D eigenvalue weighted by atomic mass is 16.5. The predicted molar refractivity (Wildman–Crippen MR) is 131 cm³/mol. The topological polar surface area (TPSA) is 147 Å². The van der Waals surface area contributed by atoms with E-state index in [-0.39, 0.29) is 0 Å². The van der Waals surface area contributed by atoms with Gasteiger partial charge >= 0.3 is 0 Å². The summed E-state index contributed by atoms with van der Waals surface area (Å²) in [5, 5.41) is 14.1. The number of fused-ring (bicyclic) bond motifs is 1. The minimum atomic E-state index is 0.339. The highest BCUT2D eigenvalue weighted by Crippen LogP contribution is 2.19. The van der Waals surface area contributed by atoms with Gasteiger partial charge in [0.05, 0.1) is 31.4 Å². The molecule has 1 fully saturated rings. The van der Waals surface area contributed by atoms with E-state index >= 15 is 0 Å². The van der Waals surface area contributed by atoms with Crippen LogP contribution in [-0.2, 0) is 9.47 Å². The summed E-state index contributed by atoms with van der Waals surface area (Å²) in [7, 11) is 1.51. The third-order valence-corrected chi connectivity index (χ3v) is 5.15. The normalized spacial score (nSPS) is 16.0. The SMILES string of the molecule is COC(/C=C(\N)Nc1ccc2ncc(/C(C=N)=C/NCCCN3CCOCC3)cc2n1)=C/N. The Morgan fingerprint density at radius 1 is 1.30 bits per heavy atom. The second kappa shape index (κ2) is 12.4. The monoisotopic (exact) mass is 452 g/mol. The average Bonchev–Trinajstić information content (AvgIpc) is 2.85. The number of hydrogen-bond acceptors (Lipinski definition) is 10. The third kappa shape index (κ3) is 7.19. The number of rotatable bonds is 11. The summed E-state index contributed by atoms with van der Waals surface area (Å²) in [6.07, 6.45) is 8.82. The maximum Gasteiger partial charge on any atom is 0.137 e. The van der Waals surface area contributed by atoms with Crippen molar-refractivity contribution in [1.29, 1.82) is 5.41 Å². The van der Waals surface area contributed by atoms with E-state index < -0.39 is 0 Å². The Labute approximate surface area is 193 Å². The Balaban J connectivity index is 1.64. The maximum absolute atomic E-state index is 7.82. The van der Waals surface area contributed by atoms with Crippen molar-refractivity contribution in [1.82, 2.24) is 20.2 Å².